The minimum Gasteiger partial charge on any atom is -0.488 e. The molecule has 0 aliphatic rings. The van der Waals surface area contributed by atoms with Gasteiger partial charge in [-0.3, -0.25) is 0 Å². The van der Waals surface area contributed by atoms with Crippen LogP contribution in [0.25, 0.3) is 0 Å². The molecule has 1 aromatic heterocycles. The maximum Gasteiger partial charge on any atom is 0.164 e. The molecule has 0 aliphatic carbocycles. The van der Waals surface area contributed by atoms with Crippen molar-refractivity contribution < 1.29 is 4.74 Å². The summed E-state index contributed by atoms with van der Waals surface area (Å²) in [5.74, 6) is 0.552. The van der Waals surface area contributed by atoms with Crippen LogP contribution in [0.5, 0.6) is 5.75 Å². The van der Waals surface area contributed by atoms with Crippen molar-refractivity contribution in [3.05, 3.63) is 16.4 Å². The summed E-state index contributed by atoms with van der Waals surface area (Å²) in [5, 5.41) is 8.66. The number of halogens is 1. The summed E-state index contributed by atoms with van der Waals surface area (Å²) in [6.07, 6.45) is 0.0421. The van der Waals surface area contributed by atoms with Gasteiger partial charge >= 0.3 is 0 Å². The van der Waals surface area contributed by atoms with Crippen molar-refractivity contribution in [2.24, 2.45) is 0 Å². The largest absolute Gasteiger partial charge is 0.488 e. The standard InChI is InChI=1S/C9H10BrN3O/c1-5(2)14-8-3-6(12)7(4-11)13-9(8)10/h3,5H,12H2,1-2H3. The molecule has 0 aliphatic heterocycles. The van der Waals surface area contributed by atoms with Crippen molar-refractivity contribution in [3.63, 3.8) is 0 Å². The van der Waals surface area contributed by atoms with Crippen LogP contribution < -0.4 is 10.5 Å². The number of nitriles is 1. The molecule has 0 unspecified atom stereocenters. The van der Waals surface area contributed by atoms with Crippen LogP contribution >= 0.6 is 15.9 Å². The van der Waals surface area contributed by atoms with E-state index in [1.807, 2.05) is 19.9 Å². The van der Waals surface area contributed by atoms with Gasteiger partial charge in [0, 0.05) is 6.07 Å². The average molecular weight is 256 g/mol. The lowest BCUT2D eigenvalue weighted by Crippen LogP contribution is -2.07. The van der Waals surface area contributed by atoms with Crippen LogP contribution in [-0.4, -0.2) is 11.1 Å². The maximum absolute atomic E-state index is 8.66. The molecule has 74 valence electrons. The Kier molecular flexibility index (Phi) is 3.31. The van der Waals surface area contributed by atoms with Gasteiger partial charge < -0.3 is 10.5 Å². The van der Waals surface area contributed by atoms with Gasteiger partial charge in [0.2, 0.25) is 0 Å². The van der Waals surface area contributed by atoms with Gasteiger partial charge in [-0.15, -0.1) is 0 Å². The van der Waals surface area contributed by atoms with Gasteiger partial charge in [0.05, 0.1) is 11.8 Å². The van der Waals surface area contributed by atoms with Crippen LogP contribution in [0.3, 0.4) is 0 Å². The number of aromatic nitrogens is 1. The number of anilines is 1. The van der Waals surface area contributed by atoms with Gasteiger partial charge in [-0.1, -0.05) is 0 Å². The number of nitrogens with zero attached hydrogens (tertiary/aromatic N) is 2. The number of pyridine rings is 1. The quantitative estimate of drug-likeness (QED) is 0.822. The number of ether oxygens (including phenoxy) is 1. The SMILES string of the molecule is CC(C)Oc1cc(N)c(C#N)nc1Br. The van der Waals surface area contributed by atoms with Gasteiger partial charge in [0.15, 0.2) is 11.4 Å². The summed E-state index contributed by atoms with van der Waals surface area (Å²) in [7, 11) is 0. The number of hydrogen-bond acceptors (Lipinski definition) is 4. The molecule has 2 N–H and O–H groups in total. The average Bonchev–Trinajstić information content (AvgIpc) is 2.10. The third-order valence-corrected chi connectivity index (χ3v) is 2.01. The zero-order valence-corrected chi connectivity index (χ0v) is 9.50. The highest BCUT2D eigenvalue weighted by atomic mass is 79.9. The Labute approximate surface area is 90.8 Å². The monoisotopic (exact) mass is 255 g/mol. The lowest BCUT2D eigenvalue weighted by molar-refractivity contribution is 0.240. The van der Waals surface area contributed by atoms with E-state index in [9.17, 15) is 0 Å². The van der Waals surface area contributed by atoms with E-state index in [-0.39, 0.29) is 11.8 Å². The molecule has 0 amide bonds. The smallest absolute Gasteiger partial charge is 0.164 e. The maximum atomic E-state index is 8.66. The number of rotatable bonds is 2. The summed E-state index contributed by atoms with van der Waals surface area (Å²) >= 11 is 3.21. The van der Waals surface area contributed by atoms with Gasteiger partial charge in [-0.2, -0.15) is 5.26 Å². The number of nitrogens with two attached hydrogens (primary N) is 1. The highest BCUT2D eigenvalue weighted by Crippen LogP contribution is 2.27. The fourth-order valence-electron chi connectivity index (χ4n) is 0.913. The second-order valence-corrected chi connectivity index (χ2v) is 3.74. The van der Waals surface area contributed by atoms with E-state index >= 15 is 0 Å². The summed E-state index contributed by atoms with van der Waals surface area (Å²) in [4.78, 5) is 3.95. The van der Waals surface area contributed by atoms with E-state index in [2.05, 4.69) is 20.9 Å². The van der Waals surface area contributed by atoms with Crippen molar-refractivity contribution in [2.45, 2.75) is 20.0 Å². The van der Waals surface area contributed by atoms with Gasteiger partial charge in [0.1, 0.15) is 10.7 Å². The van der Waals surface area contributed by atoms with E-state index in [0.29, 0.717) is 16.0 Å². The van der Waals surface area contributed by atoms with Crippen molar-refractivity contribution in [1.82, 2.24) is 4.98 Å². The zero-order valence-electron chi connectivity index (χ0n) is 7.91. The second kappa shape index (κ2) is 4.29. The summed E-state index contributed by atoms with van der Waals surface area (Å²) in [6.45, 7) is 3.81. The molecule has 0 saturated carbocycles. The molecular weight excluding hydrogens is 246 g/mol. The van der Waals surface area contributed by atoms with E-state index in [0.717, 1.165) is 0 Å². The topological polar surface area (TPSA) is 71.9 Å². The number of nitrogen functional groups attached to an aromatic ring is 1. The predicted molar refractivity (Wildman–Crippen MR) is 56.8 cm³/mol. The Hall–Kier alpha value is -1.28. The van der Waals surface area contributed by atoms with Crippen LogP contribution in [-0.2, 0) is 0 Å². The molecule has 5 heteroatoms. The van der Waals surface area contributed by atoms with Crippen molar-refractivity contribution >= 4 is 21.6 Å². The highest BCUT2D eigenvalue weighted by Gasteiger charge is 2.09. The molecule has 1 aromatic rings. The van der Waals surface area contributed by atoms with Gasteiger partial charge in [-0.05, 0) is 29.8 Å². The molecule has 0 aromatic carbocycles. The molecule has 0 saturated heterocycles. The molecular formula is C9H10BrN3O. The molecule has 1 rings (SSSR count). The second-order valence-electron chi connectivity index (χ2n) is 2.99. The Morgan fingerprint density at radius 2 is 2.29 bits per heavy atom. The van der Waals surface area contributed by atoms with Crippen LogP contribution in [0.4, 0.5) is 5.69 Å². The third-order valence-electron chi connectivity index (χ3n) is 1.44. The highest BCUT2D eigenvalue weighted by molar-refractivity contribution is 9.10. The summed E-state index contributed by atoms with van der Waals surface area (Å²) in [6, 6.07) is 3.49. The molecule has 0 radical (unpaired) electrons. The summed E-state index contributed by atoms with van der Waals surface area (Å²) < 4.78 is 5.92. The van der Waals surface area contributed by atoms with Crippen LogP contribution in [0, 0.1) is 11.3 Å². The molecule has 0 atom stereocenters. The first kappa shape index (κ1) is 10.8. The van der Waals surface area contributed by atoms with Crippen molar-refractivity contribution in [3.8, 4) is 11.8 Å². The predicted octanol–water partition coefficient (Wildman–Crippen LogP) is 2.09. The normalized spacial score (nSPS) is 9.93. The fraction of sp³-hybridized carbons (Fsp3) is 0.333. The summed E-state index contributed by atoms with van der Waals surface area (Å²) in [5.41, 5.74) is 6.12. The first-order valence-electron chi connectivity index (χ1n) is 4.07. The molecule has 1 heterocycles. The van der Waals surface area contributed by atoms with Gasteiger partial charge in [-0.25, -0.2) is 4.98 Å². The minimum atomic E-state index is 0.0421. The Morgan fingerprint density at radius 1 is 1.64 bits per heavy atom. The van der Waals surface area contributed by atoms with Crippen LogP contribution in [0.2, 0.25) is 0 Å². The van der Waals surface area contributed by atoms with E-state index in [1.165, 1.54) is 0 Å². The van der Waals surface area contributed by atoms with E-state index < -0.39 is 0 Å². The van der Waals surface area contributed by atoms with Crippen LogP contribution in [0.15, 0.2) is 10.7 Å². The molecule has 0 bridgehead atoms. The molecule has 4 nitrogen and oxygen atoms in total. The van der Waals surface area contributed by atoms with Crippen molar-refractivity contribution in [1.29, 1.82) is 5.26 Å². The molecule has 0 fully saturated rings. The lowest BCUT2D eigenvalue weighted by atomic mass is 10.3. The van der Waals surface area contributed by atoms with E-state index in [1.54, 1.807) is 6.07 Å². The fourth-order valence-corrected chi connectivity index (χ4v) is 1.30. The van der Waals surface area contributed by atoms with Crippen LogP contribution in [0.1, 0.15) is 19.5 Å². The van der Waals surface area contributed by atoms with Gasteiger partial charge in [0.25, 0.3) is 0 Å². The third kappa shape index (κ3) is 2.36. The van der Waals surface area contributed by atoms with Crippen molar-refractivity contribution in [2.75, 3.05) is 5.73 Å². The number of hydrogen-bond donors (Lipinski definition) is 1. The lowest BCUT2D eigenvalue weighted by Gasteiger charge is -2.11. The Morgan fingerprint density at radius 3 is 2.79 bits per heavy atom. The first-order valence-corrected chi connectivity index (χ1v) is 4.86. The first-order chi connectivity index (χ1) is 6.54. The Bertz CT molecular complexity index is 384. The zero-order chi connectivity index (χ0) is 10.7. The minimum absolute atomic E-state index is 0.0421. The Balaban J connectivity index is 3.10. The molecule has 0 spiro atoms. The van der Waals surface area contributed by atoms with E-state index in [4.69, 9.17) is 15.7 Å². The molecule has 14 heavy (non-hydrogen) atoms.